The third-order valence-corrected chi connectivity index (χ3v) is 5.13. The van der Waals surface area contributed by atoms with E-state index < -0.39 is 20.2 Å². The maximum absolute atomic E-state index is 12.9. The summed E-state index contributed by atoms with van der Waals surface area (Å²) in [7, 11) is -3.95. The van der Waals surface area contributed by atoms with Crippen molar-refractivity contribution in [3.8, 4) is 11.4 Å². The number of alkyl halides is 3. The minimum absolute atomic E-state index is 0.0191. The first-order valence-electron chi connectivity index (χ1n) is 6.81. The Morgan fingerprint density at radius 3 is 2.21 bits per heavy atom. The number of benzene rings is 2. The molecule has 0 unspecified atom stereocenters. The van der Waals surface area contributed by atoms with Crippen molar-refractivity contribution < 1.29 is 26.3 Å². The van der Waals surface area contributed by atoms with Gasteiger partial charge in [-0.3, -0.25) is 0 Å². The van der Waals surface area contributed by atoms with E-state index in [-0.39, 0.29) is 5.39 Å². The average Bonchev–Trinajstić information content (AvgIpc) is 2.94. The van der Waals surface area contributed by atoms with E-state index in [0.29, 0.717) is 17.0 Å². The summed E-state index contributed by atoms with van der Waals surface area (Å²) in [6.07, 6.45) is 0.995. The summed E-state index contributed by atoms with van der Waals surface area (Å²) in [6, 6.07) is 12.6. The molecule has 0 atom stereocenters. The van der Waals surface area contributed by atoms with E-state index in [1.807, 2.05) is 0 Å². The Hall–Kier alpha value is -2.48. The van der Waals surface area contributed by atoms with Crippen LogP contribution in [0, 0.1) is 0 Å². The predicted molar refractivity (Wildman–Crippen MR) is 83.1 cm³/mol. The first-order chi connectivity index (χ1) is 11.3. The van der Waals surface area contributed by atoms with Gasteiger partial charge in [0.15, 0.2) is 0 Å². The second kappa shape index (κ2) is 5.55. The average molecular weight is 355 g/mol. The van der Waals surface area contributed by atoms with E-state index in [0.717, 1.165) is 6.20 Å². The molecule has 0 amide bonds. The van der Waals surface area contributed by atoms with Crippen LogP contribution in [0.5, 0.6) is 5.75 Å². The summed E-state index contributed by atoms with van der Waals surface area (Å²) in [4.78, 5) is -0.763. The molecule has 3 aromatic rings. The summed E-state index contributed by atoms with van der Waals surface area (Å²) >= 11 is 0. The molecule has 0 fully saturated rings. The van der Waals surface area contributed by atoms with E-state index in [1.54, 1.807) is 36.4 Å². The fourth-order valence-electron chi connectivity index (χ4n) is 2.44. The Balaban J connectivity index is 2.28. The number of fused-ring (bicyclic) bond motifs is 1. The lowest BCUT2D eigenvalue weighted by molar-refractivity contribution is -0.0435. The van der Waals surface area contributed by atoms with E-state index in [1.165, 1.54) is 23.8 Å². The molecule has 0 saturated carbocycles. The molecule has 1 heterocycles. The van der Waals surface area contributed by atoms with Crippen LogP contribution in [0.2, 0.25) is 0 Å². The Morgan fingerprint density at radius 1 is 1.00 bits per heavy atom. The SMILES string of the molecule is COc1ccc(-n2cc(S(=O)(=O)C(F)(F)F)c3ccccc32)cc1. The summed E-state index contributed by atoms with van der Waals surface area (Å²) in [5, 5.41) is 0.0191. The lowest BCUT2D eigenvalue weighted by atomic mass is 10.2. The highest BCUT2D eigenvalue weighted by Gasteiger charge is 2.48. The maximum Gasteiger partial charge on any atom is 0.501 e. The van der Waals surface area contributed by atoms with Gasteiger partial charge in [-0.25, -0.2) is 8.42 Å². The number of halogens is 3. The van der Waals surface area contributed by atoms with Gasteiger partial charge in [-0.1, -0.05) is 18.2 Å². The Kier molecular flexibility index (Phi) is 3.79. The van der Waals surface area contributed by atoms with Crippen LogP contribution >= 0.6 is 0 Å². The summed E-state index contributed by atoms with van der Waals surface area (Å²) in [6.45, 7) is 0. The van der Waals surface area contributed by atoms with Gasteiger partial charge in [0.05, 0.1) is 12.6 Å². The maximum atomic E-state index is 12.9. The highest BCUT2D eigenvalue weighted by atomic mass is 32.2. The van der Waals surface area contributed by atoms with Gasteiger partial charge in [-0.15, -0.1) is 0 Å². The zero-order valence-corrected chi connectivity index (χ0v) is 13.2. The Morgan fingerprint density at radius 2 is 1.62 bits per heavy atom. The van der Waals surface area contributed by atoms with Crippen LogP contribution in [0.15, 0.2) is 59.6 Å². The molecule has 0 N–H and O–H groups in total. The van der Waals surface area contributed by atoms with Crippen molar-refractivity contribution >= 4 is 20.7 Å². The molecule has 24 heavy (non-hydrogen) atoms. The van der Waals surface area contributed by atoms with Gasteiger partial charge < -0.3 is 9.30 Å². The number of sulfone groups is 1. The third kappa shape index (κ3) is 2.52. The van der Waals surface area contributed by atoms with E-state index in [2.05, 4.69) is 0 Å². The predicted octanol–water partition coefficient (Wildman–Crippen LogP) is 3.93. The lowest BCUT2D eigenvalue weighted by Crippen LogP contribution is -2.23. The highest BCUT2D eigenvalue weighted by Crippen LogP contribution is 2.36. The quantitative estimate of drug-likeness (QED) is 0.715. The Labute approximate surface area is 136 Å². The number of para-hydroxylation sites is 1. The zero-order valence-electron chi connectivity index (χ0n) is 12.4. The molecule has 0 aliphatic heterocycles. The van der Waals surface area contributed by atoms with Gasteiger partial charge in [-0.05, 0) is 30.3 Å². The third-order valence-electron chi connectivity index (χ3n) is 3.62. The standard InChI is InChI=1S/C16H12F3NO3S/c1-23-12-8-6-11(7-9-12)20-10-15(24(21,22)16(17,18)19)13-4-2-3-5-14(13)20/h2-10H,1H3. The van der Waals surface area contributed by atoms with Gasteiger partial charge in [0.1, 0.15) is 10.6 Å². The topological polar surface area (TPSA) is 48.3 Å². The van der Waals surface area contributed by atoms with Crippen molar-refractivity contribution in [2.45, 2.75) is 10.4 Å². The molecule has 0 bridgehead atoms. The minimum atomic E-state index is -5.45. The molecule has 1 aromatic heterocycles. The van der Waals surface area contributed by atoms with Gasteiger partial charge in [0, 0.05) is 17.3 Å². The van der Waals surface area contributed by atoms with Gasteiger partial charge in [0.25, 0.3) is 9.84 Å². The second-order valence-electron chi connectivity index (χ2n) is 5.03. The van der Waals surface area contributed by atoms with Gasteiger partial charge in [-0.2, -0.15) is 13.2 Å². The molecule has 0 saturated heterocycles. The van der Waals surface area contributed by atoms with Gasteiger partial charge in [0.2, 0.25) is 0 Å². The number of rotatable bonds is 3. The first-order valence-corrected chi connectivity index (χ1v) is 8.30. The second-order valence-corrected chi connectivity index (χ2v) is 6.94. The van der Waals surface area contributed by atoms with E-state index in [4.69, 9.17) is 4.74 Å². The molecule has 0 aliphatic rings. The summed E-state index contributed by atoms with van der Waals surface area (Å²) in [5.41, 5.74) is -4.47. The van der Waals surface area contributed by atoms with Crippen LogP contribution in [0.1, 0.15) is 0 Å². The first kappa shape index (κ1) is 16.4. The van der Waals surface area contributed by atoms with Crippen molar-refractivity contribution in [3.63, 3.8) is 0 Å². The molecule has 0 spiro atoms. The minimum Gasteiger partial charge on any atom is -0.497 e. The number of hydrogen-bond donors (Lipinski definition) is 0. The fraction of sp³-hybridized carbons (Fsp3) is 0.125. The van der Waals surface area contributed by atoms with Crippen molar-refractivity contribution in [2.24, 2.45) is 0 Å². The van der Waals surface area contributed by atoms with Crippen molar-refractivity contribution in [1.82, 2.24) is 4.57 Å². The lowest BCUT2D eigenvalue weighted by Gasteiger charge is -2.07. The number of nitrogens with zero attached hydrogens (tertiary/aromatic N) is 1. The molecule has 2 aromatic carbocycles. The van der Waals surface area contributed by atoms with E-state index in [9.17, 15) is 21.6 Å². The van der Waals surface area contributed by atoms with Crippen LogP contribution in [0.4, 0.5) is 13.2 Å². The molecule has 0 radical (unpaired) electrons. The Bertz CT molecular complexity index is 990. The van der Waals surface area contributed by atoms with Crippen LogP contribution < -0.4 is 4.74 Å². The molecule has 3 rings (SSSR count). The molecule has 0 aliphatic carbocycles. The van der Waals surface area contributed by atoms with Crippen molar-refractivity contribution in [1.29, 1.82) is 0 Å². The van der Waals surface area contributed by atoms with Gasteiger partial charge >= 0.3 is 5.51 Å². The van der Waals surface area contributed by atoms with E-state index >= 15 is 0 Å². The normalized spacial score (nSPS) is 12.5. The summed E-state index contributed by atoms with van der Waals surface area (Å²) < 4.78 is 69.0. The van der Waals surface area contributed by atoms with Crippen LogP contribution in [0.25, 0.3) is 16.6 Å². The number of ether oxygens (including phenoxy) is 1. The largest absolute Gasteiger partial charge is 0.501 e. The fourth-order valence-corrected chi connectivity index (χ4v) is 3.40. The van der Waals surface area contributed by atoms with Crippen molar-refractivity contribution in [3.05, 3.63) is 54.7 Å². The summed E-state index contributed by atoms with van der Waals surface area (Å²) in [5.74, 6) is 0.582. The molecule has 8 heteroatoms. The monoisotopic (exact) mass is 355 g/mol. The van der Waals surface area contributed by atoms with Crippen LogP contribution in [-0.4, -0.2) is 25.6 Å². The number of methoxy groups -OCH3 is 1. The molecule has 4 nitrogen and oxygen atoms in total. The zero-order chi connectivity index (χ0) is 17.5. The van der Waals surface area contributed by atoms with Crippen LogP contribution in [0.3, 0.4) is 0 Å². The molecule has 126 valence electrons. The number of aromatic nitrogens is 1. The molecular formula is C16H12F3NO3S. The smallest absolute Gasteiger partial charge is 0.497 e. The number of hydrogen-bond acceptors (Lipinski definition) is 3. The highest BCUT2D eigenvalue weighted by molar-refractivity contribution is 7.92. The van der Waals surface area contributed by atoms with Crippen molar-refractivity contribution in [2.75, 3.05) is 7.11 Å². The van der Waals surface area contributed by atoms with Crippen LogP contribution in [-0.2, 0) is 9.84 Å². The molecular weight excluding hydrogens is 343 g/mol.